The van der Waals surface area contributed by atoms with E-state index < -0.39 is 11.5 Å². The maximum Gasteiger partial charge on any atom is 0.325 e. The van der Waals surface area contributed by atoms with Gasteiger partial charge in [-0.15, -0.1) is 0 Å². The minimum Gasteiger partial charge on any atom is -0.496 e. The number of benzene rings is 1. The highest BCUT2D eigenvalue weighted by atomic mass is 16.5. The Morgan fingerprint density at radius 2 is 1.75 bits per heavy atom. The smallest absolute Gasteiger partial charge is 0.325 e. The molecule has 24 heavy (non-hydrogen) atoms. The molecule has 134 valence electrons. The summed E-state index contributed by atoms with van der Waals surface area (Å²) in [7, 11) is 2.96. The van der Waals surface area contributed by atoms with E-state index in [9.17, 15) is 9.59 Å². The van der Waals surface area contributed by atoms with Crippen molar-refractivity contribution in [2.45, 2.75) is 52.5 Å². The number of ketones is 1. The van der Waals surface area contributed by atoms with E-state index in [4.69, 9.17) is 15.2 Å². The SMILES string of the molecule is COC(=O)C(C)(N)C(C)CCC(=O)Cc1cc(C)c(OC)c(C)c1. The monoisotopic (exact) mass is 335 g/mol. The number of hydrogen-bond acceptors (Lipinski definition) is 5. The van der Waals surface area contributed by atoms with E-state index in [0.29, 0.717) is 19.3 Å². The molecule has 0 aliphatic carbocycles. The van der Waals surface area contributed by atoms with Gasteiger partial charge in [-0.25, -0.2) is 0 Å². The van der Waals surface area contributed by atoms with Crippen LogP contribution >= 0.6 is 0 Å². The third kappa shape index (κ3) is 4.81. The summed E-state index contributed by atoms with van der Waals surface area (Å²) in [5.41, 5.74) is 7.97. The molecule has 0 spiro atoms. The average Bonchev–Trinajstić information content (AvgIpc) is 2.51. The summed E-state index contributed by atoms with van der Waals surface area (Å²) in [6.45, 7) is 7.45. The largest absolute Gasteiger partial charge is 0.496 e. The van der Waals surface area contributed by atoms with Gasteiger partial charge in [0.2, 0.25) is 0 Å². The van der Waals surface area contributed by atoms with Crippen LogP contribution in [0.3, 0.4) is 0 Å². The van der Waals surface area contributed by atoms with Crippen molar-refractivity contribution in [3.8, 4) is 5.75 Å². The maximum absolute atomic E-state index is 12.3. The first kappa shape index (κ1) is 20.2. The fourth-order valence-electron chi connectivity index (χ4n) is 2.88. The van der Waals surface area contributed by atoms with Gasteiger partial charge in [0.25, 0.3) is 0 Å². The number of esters is 1. The molecule has 1 aromatic rings. The third-order valence-corrected chi connectivity index (χ3v) is 4.63. The van der Waals surface area contributed by atoms with E-state index in [1.54, 1.807) is 14.0 Å². The Bertz CT molecular complexity index is 584. The second-order valence-corrected chi connectivity index (χ2v) is 6.69. The van der Waals surface area contributed by atoms with Crippen LogP contribution in [0.1, 0.15) is 43.4 Å². The van der Waals surface area contributed by atoms with Gasteiger partial charge >= 0.3 is 5.97 Å². The summed E-state index contributed by atoms with van der Waals surface area (Å²) in [6.07, 6.45) is 1.31. The summed E-state index contributed by atoms with van der Waals surface area (Å²) in [6, 6.07) is 3.96. The Hall–Kier alpha value is -1.88. The second kappa shape index (κ2) is 8.29. The first-order chi connectivity index (χ1) is 11.1. The highest BCUT2D eigenvalue weighted by Gasteiger charge is 2.35. The summed E-state index contributed by atoms with van der Waals surface area (Å²) < 4.78 is 10.1. The van der Waals surface area contributed by atoms with Crippen molar-refractivity contribution in [3.63, 3.8) is 0 Å². The summed E-state index contributed by atoms with van der Waals surface area (Å²) in [5.74, 6) is 0.389. The average molecular weight is 335 g/mol. The van der Waals surface area contributed by atoms with Crippen LogP contribution in [0.25, 0.3) is 0 Å². The van der Waals surface area contributed by atoms with Crippen LogP contribution in [-0.2, 0) is 20.7 Å². The lowest BCUT2D eigenvalue weighted by atomic mass is 9.84. The quantitative estimate of drug-likeness (QED) is 0.739. The number of Topliss-reactive ketones (excluding diaryl/α,β-unsaturated/α-hetero) is 1. The zero-order valence-electron chi connectivity index (χ0n) is 15.6. The molecule has 5 nitrogen and oxygen atoms in total. The predicted octanol–water partition coefficient (Wildman–Crippen LogP) is 2.73. The Balaban J connectivity index is 2.66. The Labute approximate surface area is 144 Å². The molecule has 0 fully saturated rings. The van der Waals surface area contributed by atoms with E-state index in [-0.39, 0.29) is 11.7 Å². The van der Waals surface area contributed by atoms with Crippen molar-refractivity contribution in [1.82, 2.24) is 0 Å². The predicted molar refractivity (Wildman–Crippen MR) is 94.2 cm³/mol. The van der Waals surface area contributed by atoms with Crippen LogP contribution in [0.2, 0.25) is 0 Å². The van der Waals surface area contributed by atoms with Crippen molar-refractivity contribution >= 4 is 11.8 Å². The van der Waals surface area contributed by atoms with Crippen molar-refractivity contribution in [3.05, 3.63) is 28.8 Å². The maximum atomic E-state index is 12.3. The molecular weight excluding hydrogens is 306 g/mol. The molecule has 1 rings (SSSR count). The molecule has 5 heteroatoms. The van der Waals surface area contributed by atoms with E-state index in [1.807, 2.05) is 32.9 Å². The number of aryl methyl sites for hydroxylation is 2. The second-order valence-electron chi connectivity index (χ2n) is 6.69. The van der Waals surface area contributed by atoms with Crippen LogP contribution < -0.4 is 10.5 Å². The molecule has 0 bridgehead atoms. The highest BCUT2D eigenvalue weighted by molar-refractivity contribution is 5.82. The fraction of sp³-hybridized carbons (Fsp3) is 0.579. The van der Waals surface area contributed by atoms with Crippen LogP contribution in [0.4, 0.5) is 0 Å². The lowest BCUT2D eigenvalue weighted by molar-refractivity contribution is -0.148. The standard InChI is InChI=1S/C19H29NO4/c1-12-9-15(10-13(2)17(12)23-5)11-16(21)8-7-14(3)19(4,20)18(22)24-6/h9-10,14H,7-8,11,20H2,1-6H3. The molecule has 0 saturated carbocycles. The normalized spacial score (nSPS) is 14.6. The minimum atomic E-state index is -1.08. The Morgan fingerprint density at radius 1 is 1.21 bits per heavy atom. The zero-order chi connectivity index (χ0) is 18.5. The van der Waals surface area contributed by atoms with Gasteiger partial charge in [0.05, 0.1) is 14.2 Å². The first-order valence-corrected chi connectivity index (χ1v) is 8.16. The zero-order valence-corrected chi connectivity index (χ0v) is 15.6. The molecule has 2 unspecified atom stereocenters. The Kier molecular flexibility index (Phi) is 6.96. The molecule has 0 amide bonds. The lowest BCUT2D eigenvalue weighted by Gasteiger charge is -2.28. The number of methoxy groups -OCH3 is 2. The molecule has 0 aromatic heterocycles. The molecule has 0 heterocycles. The van der Waals surface area contributed by atoms with Crippen molar-refractivity contribution in [1.29, 1.82) is 0 Å². The van der Waals surface area contributed by atoms with Gasteiger partial charge in [-0.2, -0.15) is 0 Å². The van der Waals surface area contributed by atoms with Gasteiger partial charge in [0.1, 0.15) is 17.1 Å². The van der Waals surface area contributed by atoms with Crippen molar-refractivity contribution in [2.24, 2.45) is 11.7 Å². The first-order valence-electron chi connectivity index (χ1n) is 8.16. The topological polar surface area (TPSA) is 78.6 Å². The molecule has 0 saturated heterocycles. The number of ether oxygens (including phenoxy) is 2. The molecule has 1 aromatic carbocycles. The molecule has 2 atom stereocenters. The molecule has 0 aliphatic heterocycles. The van der Waals surface area contributed by atoms with Gasteiger partial charge < -0.3 is 15.2 Å². The van der Waals surface area contributed by atoms with E-state index in [2.05, 4.69) is 0 Å². The van der Waals surface area contributed by atoms with Crippen LogP contribution in [0.5, 0.6) is 5.75 Å². The van der Waals surface area contributed by atoms with Gasteiger partial charge in [0, 0.05) is 12.8 Å². The molecule has 0 radical (unpaired) electrons. The number of nitrogens with two attached hydrogens (primary N) is 1. The number of carbonyl (C=O) groups is 2. The number of carbonyl (C=O) groups excluding carboxylic acids is 2. The van der Waals surface area contributed by atoms with E-state index in [0.717, 1.165) is 22.4 Å². The summed E-state index contributed by atoms with van der Waals surface area (Å²) >= 11 is 0. The van der Waals surface area contributed by atoms with E-state index in [1.165, 1.54) is 7.11 Å². The lowest BCUT2D eigenvalue weighted by Crippen LogP contribution is -2.51. The van der Waals surface area contributed by atoms with Gasteiger partial charge in [-0.3, -0.25) is 9.59 Å². The van der Waals surface area contributed by atoms with Crippen LogP contribution in [0.15, 0.2) is 12.1 Å². The van der Waals surface area contributed by atoms with Gasteiger partial charge in [-0.05, 0) is 49.8 Å². The molecule has 0 aliphatic rings. The van der Waals surface area contributed by atoms with Gasteiger partial charge in [0.15, 0.2) is 0 Å². The Morgan fingerprint density at radius 3 is 2.21 bits per heavy atom. The van der Waals surface area contributed by atoms with Crippen LogP contribution in [-0.4, -0.2) is 31.5 Å². The fourth-order valence-corrected chi connectivity index (χ4v) is 2.88. The summed E-state index contributed by atoms with van der Waals surface area (Å²) in [4.78, 5) is 24.0. The van der Waals surface area contributed by atoms with Crippen LogP contribution in [0, 0.1) is 19.8 Å². The van der Waals surface area contributed by atoms with Gasteiger partial charge in [-0.1, -0.05) is 19.1 Å². The number of hydrogen-bond donors (Lipinski definition) is 1. The van der Waals surface area contributed by atoms with Crippen molar-refractivity contribution in [2.75, 3.05) is 14.2 Å². The molecular formula is C19H29NO4. The van der Waals surface area contributed by atoms with Crippen molar-refractivity contribution < 1.29 is 19.1 Å². The van der Waals surface area contributed by atoms with E-state index >= 15 is 0 Å². The highest BCUT2D eigenvalue weighted by Crippen LogP contribution is 2.25. The third-order valence-electron chi connectivity index (χ3n) is 4.63. The number of rotatable bonds is 8. The minimum absolute atomic E-state index is 0.131. The molecule has 2 N–H and O–H groups in total. The summed E-state index contributed by atoms with van der Waals surface area (Å²) in [5, 5.41) is 0.